The van der Waals surface area contributed by atoms with Crippen molar-refractivity contribution in [2.75, 3.05) is 18.6 Å². The highest BCUT2D eigenvalue weighted by molar-refractivity contribution is 7.91. The molecule has 0 spiro atoms. The average molecular weight is 377 g/mol. The second-order valence-electron chi connectivity index (χ2n) is 6.65. The third kappa shape index (κ3) is 4.27. The van der Waals surface area contributed by atoms with Crippen LogP contribution in [0.3, 0.4) is 0 Å². The minimum Gasteiger partial charge on any atom is -0.496 e. The van der Waals surface area contributed by atoms with Crippen molar-refractivity contribution in [3.8, 4) is 5.75 Å². The molecule has 1 fully saturated rings. The Hall–Kier alpha value is -2.28. The molecule has 26 heavy (non-hydrogen) atoms. The number of benzene rings is 1. The molecule has 1 atom stereocenters. The predicted molar refractivity (Wildman–Crippen MR) is 97.8 cm³/mol. The number of furan rings is 1. The number of aryl methyl sites for hydroxylation is 1. The molecule has 1 aliphatic heterocycles. The van der Waals surface area contributed by atoms with Gasteiger partial charge in [-0.1, -0.05) is 17.7 Å². The van der Waals surface area contributed by atoms with Crippen LogP contribution >= 0.6 is 0 Å². The van der Waals surface area contributed by atoms with Gasteiger partial charge in [0.15, 0.2) is 9.84 Å². The Morgan fingerprint density at radius 3 is 2.77 bits per heavy atom. The van der Waals surface area contributed by atoms with E-state index in [9.17, 15) is 13.2 Å². The van der Waals surface area contributed by atoms with Crippen molar-refractivity contribution in [1.29, 1.82) is 0 Å². The summed E-state index contributed by atoms with van der Waals surface area (Å²) in [4.78, 5) is 14.7. The molecule has 1 amide bonds. The predicted octanol–water partition coefficient (Wildman–Crippen LogP) is 2.36. The Kier molecular flexibility index (Phi) is 5.36. The number of methoxy groups -OCH3 is 1. The Morgan fingerprint density at radius 2 is 2.15 bits per heavy atom. The maximum atomic E-state index is 13.1. The van der Waals surface area contributed by atoms with E-state index in [0.29, 0.717) is 17.9 Å². The first-order valence-electron chi connectivity index (χ1n) is 8.54. The standard InChI is InChI=1S/C19H23NO5S/c1-14-5-6-18(24-2)15(10-14)11-19(21)20(12-17-4-3-8-25-17)16-7-9-26(22,23)13-16/h3-6,8,10,16H,7,9,11-13H2,1-2H3/t16-/m0/s1. The van der Waals surface area contributed by atoms with Crippen LogP contribution in [0.1, 0.15) is 23.3 Å². The average Bonchev–Trinajstić information content (AvgIpc) is 3.22. The highest BCUT2D eigenvalue weighted by Crippen LogP contribution is 2.24. The highest BCUT2D eigenvalue weighted by atomic mass is 32.2. The molecule has 140 valence electrons. The van der Waals surface area contributed by atoms with Crippen molar-refractivity contribution in [2.24, 2.45) is 0 Å². The van der Waals surface area contributed by atoms with E-state index in [0.717, 1.165) is 11.1 Å². The molecule has 7 heteroatoms. The van der Waals surface area contributed by atoms with Crippen molar-refractivity contribution in [1.82, 2.24) is 4.90 Å². The van der Waals surface area contributed by atoms with Crippen molar-refractivity contribution in [3.63, 3.8) is 0 Å². The number of amides is 1. The zero-order valence-electron chi connectivity index (χ0n) is 15.0. The van der Waals surface area contributed by atoms with E-state index in [-0.39, 0.29) is 36.4 Å². The summed E-state index contributed by atoms with van der Waals surface area (Å²) in [5.41, 5.74) is 1.83. The lowest BCUT2D eigenvalue weighted by atomic mass is 10.1. The first kappa shape index (κ1) is 18.5. The van der Waals surface area contributed by atoms with Crippen molar-refractivity contribution < 1.29 is 22.4 Å². The molecule has 2 heterocycles. The Morgan fingerprint density at radius 1 is 1.35 bits per heavy atom. The van der Waals surface area contributed by atoms with Crippen LogP contribution in [0.2, 0.25) is 0 Å². The van der Waals surface area contributed by atoms with Gasteiger partial charge in [0.05, 0.1) is 37.8 Å². The molecule has 0 radical (unpaired) electrons. The van der Waals surface area contributed by atoms with E-state index in [1.165, 1.54) is 0 Å². The summed E-state index contributed by atoms with van der Waals surface area (Å²) in [7, 11) is -1.52. The van der Waals surface area contributed by atoms with Gasteiger partial charge >= 0.3 is 0 Å². The number of hydrogen-bond donors (Lipinski definition) is 0. The van der Waals surface area contributed by atoms with Gasteiger partial charge in [-0.25, -0.2) is 8.42 Å². The maximum Gasteiger partial charge on any atom is 0.227 e. The largest absolute Gasteiger partial charge is 0.496 e. The fourth-order valence-corrected chi connectivity index (χ4v) is 5.05. The number of rotatable bonds is 6. The molecule has 0 bridgehead atoms. The fourth-order valence-electron chi connectivity index (χ4n) is 3.32. The molecule has 1 aromatic carbocycles. The van der Waals surface area contributed by atoms with Crippen LogP contribution in [0.4, 0.5) is 0 Å². The van der Waals surface area contributed by atoms with Gasteiger partial charge in [-0.05, 0) is 31.5 Å². The van der Waals surface area contributed by atoms with Crippen LogP contribution in [-0.4, -0.2) is 43.9 Å². The number of sulfone groups is 1. The van der Waals surface area contributed by atoms with Gasteiger partial charge in [0, 0.05) is 11.6 Å². The lowest BCUT2D eigenvalue weighted by Crippen LogP contribution is -2.41. The van der Waals surface area contributed by atoms with Crippen molar-refractivity contribution >= 4 is 15.7 Å². The minimum atomic E-state index is -3.09. The zero-order valence-corrected chi connectivity index (χ0v) is 15.8. The molecular weight excluding hydrogens is 354 g/mol. The summed E-state index contributed by atoms with van der Waals surface area (Å²) in [5, 5.41) is 0. The maximum absolute atomic E-state index is 13.1. The van der Waals surface area contributed by atoms with Gasteiger partial charge in [0.2, 0.25) is 5.91 Å². The molecule has 0 unspecified atom stereocenters. The smallest absolute Gasteiger partial charge is 0.227 e. The van der Waals surface area contributed by atoms with Crippen LogP contribution in [0.25, 0.3) is 0 Å². The molecule has 0 N–H and O–H groups in total. The summed E-state index contributed by atoms with van der Waals surface area (Å²) in [6, 6.07) is 8.91. The van der Waals surface area contributed by atoms with E-state index in [1.807, 2.05) is 25.1 Å². The topological polar surface area (TPSA) is 76.8 Å². The first-order valence-corrected chi connectivity index (χ1v) is 10.4. The minimum absolute atomic E-state index is 0.00437. The van der Waals surface area contributed by atoms with Crippen LogP contribution in [0.5, 0.6) is 5.75 Å². The van der Waals surface area contributed by atoms with Gasteiger partial charge in [-0.15, -0.1) is 0 Å². The molecule has 1 aromatic heterocycles. The lowest BCUT2D eigenvalue weighted by molar-refractivity contribution is -0.133. The third-order valence-electron chi connectivity index (χ3n) is 4.65. The number of ether oxygens (including phenoxy) is 1. The van der Waals surface area contributed by atoms with E-state index in [4.69, 9.17) is 9.15 Å². The molecule has 0 aliphatic carbocycles. The number of nitrogens with zero attached hydrogens (tertiary/aromatic N) is 1. The monoisotopic (exact) mass is 377 g/mol. The molecule has 2 aromatic rings. The van der Waals surface area contributed by atoms with E-state index >= 15 is 0 Å². The fraction of sp³-hybridized carbons (Fsp3) is 0.421. The summed E-state index contributed by atoms with van der Waals surface area (Å²) >= 11 is 0. The van der Waals surface area contributed by atoms with Crippen LogP contribution in [0, 0.1) is 6.92 Å². The molecular formula is C19H23NO5S. The molecule has 3 rings (SSSR count). The van der Waals surface area contributed by atoms with Gasteiger partial charge in [0.25, 0.3) is 0 Å². The molecule has 0 saturated carbocycles. The number of carbonyl (C=O) groups excluding carboxylic acids is 1. The van der Waals surface area contributed by atoms with Gasteiger partial charge in [-0.2, -0.15) is 0 Å². The van der Waals surface area contributed by atoms with Gasteiger partial charge < -0.3 is 14.1 Å². The zero-order chi connectivity index (χ0) is 18.7. The SMILES string of the molecule is COc1ccc(C)cc1CC(=O)N(Cc1ccco1)[C@H]1CCS(=O)(=O)C1. The van der Waals surface area contributed by atoms with Crippen LogP contribution < -0.4 is 4.74 Å². The molecule has 1 aliphatic rings. The van der Waals surface area contributed by atoms with E-state index in [1.54, 1.807) is 30.4 Å². The number of hydrogen-bond acceptors (Lipinski definition) is 5. The normalized spacial score (nSPS) is 18.6. The Labute approximate surface area is 153 Å². The van der Waals surface area contributed by atoms with Crippen LogP contribution in [0.15, 0.2) is 41.0 Å². The van der Waals surface area contributed by atoms with Gasteiger partial charge in [-0.3, -0.25) is 4.79 Å². The first-order chi connectivity index (χ1) is 12.4. The summed E-state index contributed by atoms with van der Waals surface area (Å²) in [5.74, 6) is 1.28. The van der Waals surface area contributed by atoms with Gasteiger partial charge in [0.1, 0.15) is 11.5 Å². The Bertz CT molecular complexity index is 873. The second kappa shape index (κ2) is 7.53. The van der Waals surface area contributed by atoms with Crippen molar-refractivity contribution in [2.45, 2.75) is 32.4 Å². The number of carbonyl (C=O) groups is 1. The van der Waals surface area contributed by atoms with E-state index in [2.05, 4.69) is 0 Å². The third-order valence-corrected chi connectivity index (χ3v) is 6.40. The summed E-state index contributed by atoms with van der Waals surface area (Å²) in [6.45, 7) is 2.22. The summed E-state index contributed by atoms with van der Waals surface area (Å²) in [6.07, 6.45) is 2.16. The lowest BCUT2D eigenvalue weighted by Gasteiger charge is -2.28. The van der Waals surface area contributed by atoms with Crippen LogP contribution in [-0.2, 0) is 27.6 Å². The quantitative estimate of drug-likeness (QED) is 0.772. The van der Waals surface area contributed by atoms with E-state index < -0.39 is 9.84 Å². The van der Waals surface area contributed by atoms with Crippen molar-refractivity contribution in [3.05, 3.63) is 53.5 Å². The second-order valence-corrected chi connectivity index (χ2v) is 8.88. The molecule has 1 saturated heterocycles. The molecule has 6 nitrogen and oxygen atoms in total. The highest BCUT2D eigenvalue weighted by Gasteiger charge is 2.35. The summed E-state index contributed by atoms with van der Waals surface area (Å²) < 4.78 is 34.5. The Balaban J connectivity index is 1.84.